The lowest BCUT2D eigenvalue weighted by Gasteiger charge is -2.24. The molecule has 2 aliphatic rings. The van der Waals surface area contributed by atoms with Gasteiger partial charge in [0.2, 0.25) is 5.91 Å². The first-order valence-electron chi connectivity index (χ1n) is 9.11. The predicted molar refractivity (Wildman–Crippen MR) is 123 cm³/mol. The summed E-state index contributed by atoms with van der Waals surface area (Å²) >= 11 is 3.44. The summed E-state index contributed by atoms with van der Waals surface area (Å²) in [5, 5.41) is 6.30. The van der Waals surface area contributed by atoms with E-state index in [9.17, 15) is 4.79 Å². The average Bonchev–Trinajstić information content (AvgIpc) is 3.25. The Morgan fingerprint density at radius 2 is 2.22 bits per heavy atom. The molecule has 0 radical (unpaired) electrons. The molecule has 150 valence electrons. The van der Waals surface area contributed by atoms with Gasteiger partial charge >= 0.3 is 0 Å². The fourth-order valence-electron chi connectivity index (χ4n) is 3.65. The summed E-state index contributed by atoms with van der Waals surface area (Å²) in [7, 11) is 1.80. The van der Waals surface area contributed by atoms with Crippen LogP contribution in [-0.2, 0) is 9.53 Å². The van der Waals surface area contributed by atoms with Crippen LogP contribution < -0.4 is 10.6 Å². The summed E-state index contributed by atoms with van der Waals surface area (Å²) in [4.78, 5) is 18.9. The number of aliphatic imine (C=N–C) groups is 1. The Balaban J connectivity index is 0.00000261. The van der Waals surface area contributed by atoms with Crippen molar-refractivity contribution in [2.75, 3.05) is 45.2 Å². The van der Waals surface area contributed by atoms with Crippen LogP contribution in [-0.4, -0.2) is 56.7 Å². The SMILES string of the molecule is CN=C(NCCC(=O)Nc1cc(Br)ccc1C)N1CCC2(CCOC2)C1.I. The molecule has 1 aromatic rings. The molecule has 2 saturated heterocycles. The van der Waals surface area contributed by atoms with Crippen molar-refractivity contribution < 1.29 is 9.53 Å². The molecule has 6 nitrogen and oxygen atoms in total. The van der Waals surface area contributed by atoms with Crippen LogP contribution in [0.1, 0.15) is 24.8 Å². The fraction of sp³-hybridized carbons (Fsp3) is 0.579. The largest absolute Gasteiger partial charge is 0.381 e. The maximum absolute atomic E-state index is 12.2. The lowest BCUT2D eigenvalue weighted by atomic mass is 9.87. The molecule has 3 rings (SSSR count). The first-order valence-corrected chi connectivity index (χ1v) is 9.90. The van der Waals surface area contributed by atoms with Crippen LogP contribution in [0.25, 0.3) is 0 Å². The van der Waals surface area contributed by atoms with E-state index in [4.69, 9.17) is 4.74 Å². The van der Waals surface area contributed by atoms with E-state index in [1.54, 1.807) is 7.05 Å². The minimum absolute atomic E-state index is 0. The molecule has 1 amide bonds. The molecule has 27 heavy (non-hydrogen) atoms. The lowest BCUT2D eigenvalue weighted by molar-refractivity contribution is -0.116. The van der Waals surface area contributed by atoms with E-state index in [0.29, 0.717) is 18.4 Å². The zero-order valence-electron chi connectivity index (χ0n) is 15.9. The molecule has 2 aliphatic heterocycles. The Bertz CT molecular complexity index is 692. The molecule has 0 aromatic heterocycles. The van der Waals surface area contributed by atoms with Gasteiger partial charge < -0.3 is 20.3 Å². The molecule has 1 spiro atoms. The number of carbonyl (C=O) groups excluding carboxylic acids is 1. The van der Waals surface area contributed by atoms with Crippen molar-refractivity contribution in [2.24, 2.45) is 10.4 Å². The number of benzene rings is 1. The van der Waals surface area contributed by atoms with Crippen LogP contribution >= 0.6 is 39.9 Å². The summed E-state index contributed by atoms with van der Waals surface area (Å²) < 4.78 is 6.54. The highest BCUT2D eigenvalue weighted by atomic mass is 127. The topological polar surface area (TPSA) is 66.0 Å². The van der Waals surface area contributed by atoms with Crippen molar-refractivity contribution in [3.8, 4) is 0 Å². The van der Waals surface area contributed by atoms with Gasteiger partial charge in [0.05, 0.1) is 6.61 Å². The van der Waals surface area contributed by atoms with E-state index in [0.717, 1.165) is 60.8 Å². The van der Waals surface area contributed by atoms with E-state index in [-0.39, 0.29) is 29.9 Å². The quantitative estimate of drug-likeness (QED) is 0.343. The number of amides is 1. The van der Waals surface area contributed by atoms with Crippen molar-refractivity contribution in [1.29, 1.82) is 0 Å². The van der Waals surface area contributed by atoms with Crippen LogP contribution in [0.15, 0.2) is 27.7 Å². The van der Waals surface area contributed by atoms with Gasteiger partial charge in [-0.05, 0) is 37.5 Å². The third kappa shape index (κ3) is 5.80. The fourth-order valence-corrected chi connectivity index (χ4v) is 4.01. The van der Waals surface area contributed by atoms with Gasteiger partial charge in [0, 0.05) is 55.3 Å². The Hall–Kier alpha value is -0.870. The van der Waals surface area contributed by atoms with Crippen molar-refractivity contribution in [1.82, 2.24) is 10.2 Å². The average molecular weight is 551 g/mol. The molecule has 1 aromatic carbocycles. The predicted octanol–water partition coefficient (Wildman–Crippen LogP) is 3.39. The first kappa shape index (κ1) is 22.4. The Morgan fingerprint density at radius 1 is 1.41 bits per heavy atom. The van der Waals surface area contributed by atoms with Crippen LogP contribution in [0.4, 0.5) is 5.69 Å². The molecule has 0 bridgehead atoms. The summed E-state index contributed by atoms with van der Waals surface area (Å²) in [6.07, 6.45) is 2.68. The summed E-state index contributed by atoms with van der Waals surface area (Å²) in [6, 6.07) is 5.87. The third-order valence-electron chi connectivity index (χ3n) is 5.24. The molecule has 1 atom stereocenters. The number of anilines is 1. The van der Waals surface area contributed by atoms with E-state index in [1.165, 1.54) is 0 Å². The van der Waals surface area contributed by atoms with Gasteiger partial charge in [-0.2, -0.15) is 0 Å². The summed E-state index contributed by atoms with van der Waals surface area (Å²) in [5.41, 5.74) is 2.19. The standard InChI is InChI=1S/C19H27BrN4O2.HI/c1-14-3-4-15(20)11-16(14)23-17(25)5-8-22-18(21-2)24-9-6-19(12-24)7-10-26-13-19;/h3-4,11H,5-10,12-13H2,1-2H3,(H,21,22)(H,23,25);1H. The number of nitrogens with one attached hydrogen (secondary N) is 2. The smallest absolute Gasteiger partial charge is 0.226 e. The molecular formula is C19H28BrIN4O2. The molecule has 2 heterocycles. The number of hydrogen-bond donors (Lipinski definition) is 2. The zero-order chi connectivity index (χ0) is 18.6. The molecule has 0 saturated carbocycles. The van der Waals surface area contributed by atoms with Crippen molar-refractivity contribution >= 4 is 57.5 Å². The number of likely N-dealkylation sites (tertiary alicyclic amines) is 1. The second-order valence-corrected chi connectivity index (χ2v) is 8.12. The Labute approximate surface area is 186 Å². The van der Waals surface area contributed by atoms with E-state index < -0.39 is 0 Å². The summed E-state index contributed by atoms with van der Waals surface area (Å²) in [5.74, 6) is 0.872. The second kappa shape index (κ2) is 10.1. The molecule has 1 unspecified atom stereocenters. The monoisotopic (exact) mass is 550 g/mol. The number of carbonyl (C=O) groups is 1. The highest BCUT2D eigenvalue weighted by Crippen LogP contribution is 2.38. The summed E-state index contributed by atoms with van der Waals surface area (Å²) in [6.45, 7) is 6.25. The Kier molecular flexibility index (Phi) is 8.36. The molecule has 0 aliphatic carbocycles. The lowest BCUT2D eigenvalue weighted by Crippen LogP contribution is -2.42. The van der Waals surface area contributed by atoms with Gasteiger partial charge in [0.15, 0.2) is 5.96 Å². The normalized spacial score (nSPS) is 22.0. The molecule has 8 heteroatoms. The van der Waals surface area contributed by atoms with Crippen molar-refractivity contribution in [2.45, 2.75) is 26.2 Å². The van der Waals surface area contributed by atoms with Crippen LogP contribution in [0, 0.1) is 12.3 Å². The maximum atomic E-state index is 12.2. The van der Waals surface area contributed by atoms with E-state index in [1.807, 2.05) is 25.1 Å². The number of hydrogen-bond acceptors (Lipinski definition) is 3. The van der Waals surface area contributed by atoms with Crippen LogP contribution in [0.3, 0.4) is 0 Å². The van der Waals surface area contributed by atoms with Gasteiger partial charge in [-0.1, -0.05) is 22.0 Å². The number of aryl methyl sites for hydroxylation is 1. The molecule has 2 N–H and O–H groups in total. The van der Waals surface area contributed by atoms with Gasteiger partial charge in [0.1, 0.15) is 0 Å². The van der Waals surface area contributed by atoms with E-state index >= 15 is 0 Å². The number of halogens is 2. The number of ether oxygens (including phenoxy) is 1. The second-order valence-electron chi connectivity index (χ2n) is 7.21. The number of guanidine groups is 1. The van der Waals surface area contributed by atoms with Gasteiger partial charge in [-0.3, -0.25) is 9.79 Å². The molecular weight excluding hydrogens is 523 g/mol. The minimum Gasteiger partial charge on any atom is -0.381 e. The van der Waals surface area contributed by atoms with E-state index in [2.05, 4.69) is 36.5 Å². The van der Waals surface area contributed by atoms with Crippen LogP contribution in [0.2, 0.25) is 0 Å². The van der Waals surface area contributed by atoms with Gasteiger partial charge in [-0.15, -0.1) is 24.0 Å². The number of rotatable bonds is 4. The zero-order valence-corrected chi connectivity index (χ0v) is 19.8. The highest BCUT2D eigenvalue weighted by Gasteiger charge is 2.42. The first-order chi connectivity index (χ1) is 12.5. The minimum atomic E-state index is -0.00348. The maximum Gasteiger partial charge on any atom is 0.226 e. The van der Waals surface area contributed by atoms with Crippen molar-refractivity contribution in [3.05, 3.63) is 28.2 Å². The highest BCUT2D eigenvalue weighted by molar-refractivity contribution is 14.0. The number of nitrogens with zero attached hydrogens (tertiary/aromatic N) is 2. The molecule has 2 fully saturated rings. The van der Waals surface area contributed by atoms with Gasteiger partial charge in [0.25, 0.3) is 0 Å². The van der Waals surface area contributed by atoms with Crippen LogP contribution in [0.5, 0.6) is 0 Å². The third-order valence-corrected chi connectivity index (χ3v) is 5.74. The Morgan fingerprint density at radius 3 is 2.93 bits per heavy atom. The van der Waals surface area contributed by atoms with Gasteiger partial charge in [-0.25, -0.2) is 0 Å². The van der Waals surface area contributed by atoms with Crippen molar-refractivity contribution in [3.63, 3.8) is 0 Å².